The van der Waals surface area contributed by atoms with Gasteiger partial charge in [0.25, 0.3) is 0 Å². The van der Waals surface area contributed by atoms with Gasteiger partial charge in [0.1, 0.15) is 6.61 Å². The van der Waals surface area contributed by atoms with Crippen LogP contribution in [0.5, 0.6) is 11.5 Å². The average Bonchev–Trinajstić information content (AvgIpc) is 2.73. The number of aryl methyl sites for hydroxylation is 1. The number of nitrogens with two attached hydrogens (primary N) is 1. The van der Waals surface area contributed by atoms with Gasteiger partial charge in [-0.25, -0.2) is 13.6 Å². The molecule has 3 aromatic rings. The molecule has 3 N–H and O–H groups in total. The molecule has 6 nitrogen and oxygen atoms in total. The zero-order valence-corrected chi connectivity index (χ0v) is 19.8. The van der Waals surface area contributed by atoms with Crippen molar-refractivity contribution in [3.8, 4) is 11.5 Å². The highest BCUT2D eigenvalue weighted by Gasteiger charge is 2.12. The van der Waals surface area contributed by atoms with Crippen LogP contribution in [-0.2, 0) is 23.2 Å². The highest BCUT2D eigenvalue weighted by molar-refractivity contribution is 9.10. The minimum Gasteiger partial charge on any atom is -0.490 e. The van der Waals surface area contributed by atoms with Gasteiger partial charge in [-0.2, -0.15) is 0 Å². The molecule has 3 rings (SSSR count). The number of hydrogen-bond acceptors (Lipinski definition) is 5. The topological polar surface area (TPSA) is 90.6 Å². The molecule has 0 aliphatic rings. The molecule has 0 heterocycles. The second-order valence-corrected chi connectivity index (χ2v) is 9.44. The molecule has 0 amide bonds. The van der Waals surface area contributed by atoms with Crippen molar-refractivity contribution in [2.45, 2.75) is 31.9 Å². The van der Waals surface area contributed by atoms with E-state index in [1.54, 1.807) is 12.1 Å². The molecule has 164 valence electrons. The normalized spacial score (nSPS) is 11.2. The molecule has 0 radical (unpaired) electrons. The van der Waals surface area contributed by atoms with E-state index >= 15 is 0 Å². The SMILES string of the molecule is CCOc1cc(CNc2ccc(S(N)(=O)=O)cc2)c(Br)cc1OCc1ccc(C)cc1. The summed E-state index contributed by atoms with van der Waals surface area (Å²) < 4.78 is 35.5. The van der Waals surface area contributed by atoms with Gasteiger partial charge < -0.3 is 14.8 Å². The molecule has 8 heteroatoms. The number of rotatable bonds is 9. The number of ether oxygens (including phenoxy) is 2. The van der Waals surface area contributed by atoms with Crippen molar-refractivity contribution >= 4 is 31.6 Å². The molecule has 0 saturated heterocycles. The molecule has 0 fully saturated rings. The minimum absolute atomic E-state index is 0.0768. The number of primary sulfonamides is 1. The number of nitrogens with one attached hydrogen (secondary N) is 1. The molecule has 0 unspecified atom stereocenters. The van der Waals surface area contributed by atoms with Crippen molar-refractivity contribution in [3.05, 3.63) is 81.8 Å². The Kier molecular flexibility index (Phi) is 7.59. The quantitative estimate of drug-likeness (QED) is 0.428. The zero-order valence-electron chi connectivity index (χ0n) is 17.4. The van der Waals surface area contributed by atoms with E-state index < -0.39 is 10.0 Å². The van der Waals surface area contributed by atoms with Crippen molar-refractivity contribution in [2.75, 3.05) is 11.9 Å². The van der Waals surface area contributed by atoms with Crippen LogP contribution in [0.3, 0.4) is 0 Å². The summed E-state index contributed by atoms with van der Waals surface area (Å²) in [5, 5.41) is 8.41. The first kappa shape index (κ1) is 23.1. The molecule has 0 spiro atoms. The van der Waals surface area contributed by atoms with Crippen LogP contribution < -0.4 is 19.9 Å². The van der Waals surface area contributed by atoms with Gasteiger partial charge in [0.2, 0.25) is 10.0 Å². The summed E-state index contributed by atoms with van der Waals surface area (Å²) in [5.74, 6) is 1.33. The maximum atomic E-state index is 11.4. The third kappa shape index (κ3) is 6.46. The van der Waals surface area contributed by atoms with Gasteiger partial charge in [-0.05, 0) is 61.4 Å². The maximum Gasteiger partial charge on any atom is 0.238 e. The van der Waals surface area contributed by atoms with Crippen LogP contribution in [0.1, 0.15) is 23.6 Å². The van der Waals surface area contributed by atoms with E-state index in [9.17, 15) is 8.42 Å². The van der Waals surface area contributed by atoms with Crippen molar-refractivity contribution in [1.29, 1.82) is 0 Å². The van der Waals surface area contributed by atoms with Gasteiger partial charge in [-0.3, -0.25) is 0 Å². The predicted octanol–water partition coefficient (Wildman–Crippen LogP) is 4.99. The largest absolute Gasteiger partial charge is 0.490 e. The average molecular weight is 505 g/mol. The molecule has 0 atom stereocenters. The van der Waals surface area contributed by atoms with E-state index in [1.807, 2.05) is 31.2 Å². The highest BCUT2D eigenvalue weighted by atomic mass is 79.9. The fourth-order valence-corrected chi connectivity index (χ4v) is 3.88. The minimum atomic E-state index is -3.70. The first-order valence-corrected chi connectivity index (χ1v) is 12.1. The molecule has 31 heavy (non-hydrogen) atoms. The Morgan fingerprint density at radius 3 is 2.23 bits per heavy atom. The third-order valence-corrected chi connectivity index (χ3v) is 6.26. The van der Waals surface area contributed by atoms with Crippen LogP contribution in [0.2, 0.25) is 0 Å². The Hall–Kier alpha value is -2.55. The fourth-order valence-electron chi connectivity index (χ4n) is 2.90. The lowest BCUT2D eigenvalue weighted by Crippen LogP contribution is -2.12. The first-order valence-electron chi connectivity index (χ1n) is 9.76. The third-order valence-electron chi connectivity index (χ3n) is 4.59. The smallest absolute Gasteiger partial charge is 0.238 e. The summed E-state index contributed by atoms with van der Waals surface area (Å²) in [5.41, 5.74) is 4.04. The standard InChI is InChI=1S/C23H25BrN2O4S/c1-3-29-22-12-18(14-26-19-8-10-20(11-9-19)31(25,27)28)21(24)13-23(22)30-15-17-6-4-16(2)5-7-17/h4-13,26H,3,14-15H2,1-2H3,(H2,25,27,28). The number of sulfonamides is 1. The van der Waals surface area contributed by atoms with Crippen molar-refractivity contribution in [2.24, 2.45) is 5.14 Å². The molecule has 0 aromatic heterocycles. The second-order valence-electron chi connectivity index (χ2n) is 7.02. The molecule has 0 saturated carbocycles. The van der Waals surface area contributed by atoms with Gasteiger partial charge in [0, 0.05) is 16.7 Å². The number of hydrogen-bond donors (Lipinski definition) is 2. The number of halogens is 1. The summed E-state index contributed by atoms with van der Waals surface area (Å²) in [4.78, 5) is 0.0768. The van der Waals surface area contributed by atoms with Crippen LogP contribution in [0.25, 0.3) is 0 Å². The van der Waals surface area contributed by atoms with Crippen LogP contribution >= 0.6 is 15.9 Å². The van der Waals surface area contributed by atoms with E-state index in [0.29, 0.717) is 31.3 Å². The molecular formula is C23H25BrN2O4S. The molecule has 0 aliphatic heterocycles. The van der Waals surface area contributed by atoms with Crippen molar-refractivity contribution in [1.82, 2.24) is 0 Å². The zero-order chi connectivity index (χ0) is 22.4. The van der Waals surface area contributed by atoms with E-state index in [-0.39, 0.29) is 4.90 Å². The Balaban J connectivity index is 1.72. The van der Waals surface area contributed by atoms with Gasteiger partial charge in [-0.1, -0.05) is 45.8 Å². The highest BCUT2D eigenvalue weighted by Crippen LogP contribution is 2.35. The molecule has 3 aromatic carbocycles. The van der Waals surface area contributed by atoms with Crippen LogP contribution in [-0.4, -0.2) is 15.0 Å². The van der Waals surface area contributed by atoms with E-state index in [2.05, 4.69) is 40.3 Å². The number of anilines is 1. The van der Waals surface area contributed by atoms with Gasteiger partial charge in [-0.15, -0.1) is 0 Å². The van der Waals surface area contributed by atoms with Crippen LogP contribution in [0.4, 0.5) is 5.69 Å². The van der Waals surface area contributed by atoms with Gasteiger partial charge >= 0.3 is 0 Å². The van der Waals surface area contributed by atoms with Crippen molar-refractivity contribution < 1.29 is 17.9 Å². The van der Waals surface area contributed by atoms with E-state index in [1.165, 1.54) is 17.7 Å². The number of benzene rings is 3. The Bertz CT molecular complexity index is 1130. The second kappa shape index (κ2) is 10.2. The van der Waals surface area contributed by atoms with Crippen LogP contribution in [0.15, 0.2) is 70.0 Å². The lowest BCUT2D eigenvalue weighted by Gasteiger charge is -2.16. The Morgan fingerprint density at radius 1 is 0.968 bits per heavy atom. The fraction of sp³-hybridized carbons (Fsp3) is 0.217. The summed E-state index contributed by atoms with van der Waals surface area (Å²) in [6, 6.07) is 18.3. The van der Waals surface area contributed by atoms with Gasteiger partial charge in [0.15, 0.2) is 11.5 Å². The monoisotopic (exact) mass is 504 g/mol. The maximum absolute atomic E-state index is 11.4. The summed E-state index contributed by atoms with van der Waals surface area (Å²) >= 11 is 3.61. The molecule has 0 aliphatic carbocycles. The predicted molar refractivity (Wildman–Crippen MR) is 126 cm³/mol. The molecular weight excluding hydrogens is 480 g/mol. The van der Waals surface area contributed by atoms with E-state index in [0.717, 1.165) is 21.3 Å². The summed E-state index contributed by atoms with van der Waals surface area (Å²) in [6.07, 6.45) is 0. The van der Waals surface area contributed by atoms with Crippen molar-refractivity contribution in [3.63, 3.8) is 0 Å². The lowest BCUT2D eigenvalue weighted by molar-refractivity contribution is 0.269. The van der Waals surface area contributed by atoms with Gasteiger partial charge in [0.05, 0.1) is 11.5 Å². The van der Waals surface area contributed by atoms with Crippen LogP contribution in [0, 0.1) is 6.92 Å². The van der Waals surface area contributed by atoms with E-state index in [4.69, 9.17) is 14.6 Å². The molecule has 0 bridgehead atoms. The summed E-state index contributed by atoms with van der Waals surface area (Å²) in [6.45, 7) is 5.45. The first-order chi connectivity index (χ1) is 14.8. The summed E-state index contributed by atoms with van der Waals surface area (Å²) in [7, 11) is -3.70. The lowest BCUT2D eigenvalue weighted by atomic mass is 10.1. The Labute approximate surface area is 191 Å². The Morgan fingerprint density at radius 2 is 1.61 bits per heavy atom.